The highest BCUT2D eigenvalue weighted by molar-refractivity contribution is 5.54. The number of rotatable bonds is 7. The Morgan fingerprint density at radius 3 is 2.76 bits per heavy atom. The quantitative estimate of drug-likeness (QED) is 0.840. The fourth-order valence-electron chi connectivity index (χ4n) is 2.31. The zero-order valence-electron chi connectivity index (χ0n) is 12.9. The molecule has 21 heavy (non-hydrogen) atoms. The molecule has 0 aliphatic heterocycles. The van der Waals surface area contributed by atoms with Crippen LogP contribution < -0.4 is 10.2 Å². The number of anilines is 1. The largest absolute Gasteiger partial charge is 0.472 e. The third-order valence-electron chi connectivity index (χ3n) is 3.36. The summed E-state index contributed by atoms with van der Waals surface area (Å²) in [6.45, 7) is 6.38. The summed E-state index contributed by atoms with van der Waals surface area (Å²) in [6.07, 6.45) is 3.37. The first-order valence-corrected chi connectivity index (χ1v) is 7.28. The van der Waals surface area contributed by atoms with Gasteiger partial charge in [0.1, 0.15) is 5.82 Å². The molecule has 0 unspecified atom stereocenters. The Hall–Kier alpha value is -1.81. The van der Waals surface area contributed by atoms with Crippen LogP contribution in [0.2, 0.25) is 0 Å². The molecule has 0 amide bonds. The first kappa shape index (κ1) is 15.6. The average molecular weight is 290 g/mol. The Bertz CT molecular complexity index is 552. The maximum absolute atomic E-state index is 14.1. The van der Waals surface area contributed by atoms with E-state index in [1.54, 1.807) is 18.6 Å². The molecule has 1 aromatic heterocycles. The Morgan fingerprint density at radius 1 is 1.29 bits per heavy atom. The van der Waals surface area contributed by atoms with E-state index < -0.39 is 0 Å². The second-order valence-electron chi connectivity index (χ2n) is 5.75. The second-order valence-corrected chi connectivity index (χ2v) is 5.75. The standard InChI is InChI=1S/C17H23FN2O/c1-13(2)9-19-10-15-16(18)5-4-6-17(15)20(3)11-14-7-8-21-12-14/h4-8,12-13,19H,9-11H2,1-3H3. The molecule has 114 valence electrons. The van der Waals surface area contributed by atoms with E-state index in [4.69, 9.17) is 4.42 Å². The van der Waals surface area contributed by atoms with E-state index in [0.29, 0.717) is 24.6 Å². The zero-order chi connectivity index (χ0) is 15.2. The predicted molar refractivity (Wildman–Crippen MR) is 83.8 cm³/mol. The van der Waals surface area contributed by atoms with Gasteiger partial charge in [-0.3, -0.25) is 0 Å². The first-order chi connectivity index (χ1) is 10.1. The van der Waals surface area contributed by atoms with Crippen molar-refractivity contribution >= 4 is 5.69 Å². The van der Waals surface area contributed by atoms with Crippen molar-refractivity contribution in [3.8, 4) is 0 Å². The van der Waals surface area contributed by atoms with Crippen LogP contribution in [0.25, 0.3) is 0 Å². The SMILES string of the molecule is CC(C)CNCc1c(F)cccc1N(C)Cc1ccoc1. The van der Waals surface area contributed by atoms with Crippen LogP contribution in [0.4, 0.5) is 10.1 Å². The summed E-state index contributed by atoms with van der Waals surface area (Å²) in [5, 5.41) is 3.31. The smallest absolute Gasteiger partial charge is 0.129 e. The second kappa shape index (κ2) is 7.27. The molecule has 1 heterocycles. The molecular formula is C17H23FN2O. The highest BCUT2D eigenvalue weighted by Gasteiger charge is 2.12. The number of hydrogen-bond donors (Lipinski definition) is 1. The number of furan rings is 1. The van der Waals surface area contributed by atoms with Gasteiger partial charge in [-0.2, -0.15) is 0 Å². The molecule has 1 N–H and O–H groups in total. The molecule has 2 rings (SSSR count). The van der Waals surface area contributed by atoms with Crippen LogP contribution in [-0.4, -0.2) is 13.6 Å². The van der Waals surface area contributed by atoms with Gasteiger partial charge in [-0.1, -0.05) is 19.9 Å². The van der Waals surface area contributed by atoms with Gasteiger partial charge in [0.05, 0.1) is 12.5 Å². The van der Waals surface area contributed by atoms with Crippen LogP contribution in [0.1, 0.15) is 25.0 Å². The summed E-state index contributed by atoms with van der Waals surface area (Å²) in [5.41, 5.74) is 2.69. The minimum absolute atomic E-state index is 0.164. The average Bonchev–Trinajstić information content (AvgIpc) is 2.93. The van der Waals surface area contributed by atoms with Crippen LogP contribution >= 0.6 is 0 Å². The lowest BCUT2D eigenvalue weighted by atomic mass is 10.1. The number of hydrogen-bond acceptors (Lipinski definition) is 3. The number of benzene rings is 1. The monoisotopic (exact) mass is 290 g/mol. The Balaban J connectivity index is 2.12. The van der Waals surface area contributed by atoms with Crippen molar-refractivity contribution in [2.75, 3.05) is 18.5 Å². The summed E-state index contributed by atoms with van der Waals surface area (Å²) in [5.74, 6) is 0.381. The maximum atomic E-state index is 14.1. The van der Waals surface area contributed by atoms with Gasteiger partial charge in [-0.25, -0.2) is 4.39 Å². The molecule has 0 bridgehead atoms. The van der Waals surface area contributed by atoms with Crippen LogP contribution in [0, 0.1) is 11.7 Å². The Kier molecular flexibility index (Phi) is 5.39. The van der Waals surface area contributed by atoms with Crippen LogP contribution in [0.15, 0.2) is 41.2 Å². The molecular weight excluding hydrogens is 267 g/mol. The molecule has 0 fully saturated rings. The van der Waals surface area contributed by atoms with Gasteiger partial charge in [0.25, 0.3) is 0 Å². The van der Waals surface area contributed by atoms with E-state index in [1.807, 2.05) is 24.1 Å². The molecule has 0 aliphatic rings. The van der Waals surface area contributed by atoms with Gasteiger partial charge in [-0.15, -0.1) is 0 Å². The van der Waals surface area contributed by atoms with Gasteiger partial charge in [0.15, 0.2) is 0 Å². The van der Waals surface area contributed by atoms with Crippen molar-refractivity contribution in [2.45, 2.75) is 26.9 Å². The summed E-state index contributed by atoms with van der Waals surface area (Å²) < 4.78 is 19.2. The lowest BCUT2D eigenvalue weighted by Crippen LogP contribution is -2.23. The van der Waals surface area contributed by atoms with Crippen molar-refractivity contribution in [1.29, 1.82) is 0 Å². The summed E-state index contributed by atoms with van der Waals surface area (Å²) in [7, 11) is 1.97. The van der Waals surface area contributed by atoms with E-state index in [-0.39, 0.29) is 5.82 Å². The zero-order valence-corrected chi connectivity index (χ0v) is 12.9. The van der Waals surface area contributed by atoms with E-state index in [0.717, 1.165) is 17.8 Å². The van der Waals surface area contributed by atoms with Gasteiger partial charge in [0.2, 0.25) is 0 Å². The fraction of sp³-hybridized carbons (Fsp3) is 0.412. The van der Waals surface area contributed by atoms with Gasteiger partial charge in [-0.05, 0) is 30.7 Å². The lowest BCUT2D eigenvalue weighted by molar-refractivity contribution is 0.534. The number of nitrogens with zero attached hydrogens (tertiary/aromatic N) is 1. The van der Waals surface area contributed by atoms with Crippen molar-refractivity contribution in [3.63, 3.8) is 0 Å². The molecule has 0 saturated carbocycles. The molecule has 0 saturated heterocycles. The van der Waals surface area contributed by atoms with Crippen molar-refractivity contribution in [3.05, 3.63) is 53.7 Å². The van der Waals surface area contributed by atoms with Crippen molar-refractivity contribution in [2.24, 2.45) is 5.92 Å². The highest BCUT2D eigenvalue weighted by Crippen LogP contribution is 2.24. The number of halogens is 1. The van der Waals surface area contributed by atoms with Crippen molar-refractivity contribution < 1.29 is 8.81 Å². The van der Waals surface area contributed by atoms with E-state index in [1.165, 1.54) is 6.07 Å². The van der Waals surface area contributed by atoms with Crippen molar-refractivity contribution in [1.82, 2.24) is 5.32 Å². The molecule has 0 atom stereocenters. The van der Waals surface area contributed by atoms with Gasteiger partial charge < -0.3 is 14.6 Å². The third kappa shape index (κ3) is 4.33. The van der Waals surface area contributed by atoms with E-state index >= 15 is 0 Å². The molecule has 0 aliphatic carbocycles. The summed E-state index contributed by atoms with van der Waals surface area (Å²) >= 11 is 0. The molecule has 2 aromatic rings. The topological polar surface area (TPSA) is 28.4 Å². The molecule has 1 aromatic carbocycles. The van der Waals surface area contributed by atoms with Crippen LogP contribution in [0.3, 0.4) is 0 Å². The molecule has 3 nitrogen and oxygen atoms in total. The van der Waals surface area contributed by atoms with E-state index in [2.05, 4.69) is 19.2 Å². The van der Waals surface area contributed by atoms with Crippen LogP contribution in [-0.2, 0) is 13.1 Å². The maximum Gasteiger partial charge on any atom is 0.129 e. The first-order valence-electron chi connectivity index (χ1n) is 7.28. The molecule has 0 spiro atoms. The minimum atomic E-state index is -0.164. The minimum Gasteiger partial charge on any atom is -0.472 e. The Labute approximate surface area is 125 Å². The molecule has 4 heteroatoms. The number of nitrogens with one attached hydrogen (secondary N) is 1. The summed E-state index contributed by atoms with van der Waals surface area (Å²) in [6, 6.07) is 7.14. The Morgan fingerprint density at radius 2 is 2.10 bits per heavy atom. The highest BCUT2D eigenvalue weighted by atomic mass is 19.1. The van der Waals surface area contributed by atoms with Gasteiger partial charge in [0, 0.05) is 37.0 Å². The van der Waals surface area contributed by atoms with Gasteiger partial charge >= 0.3 is 0 Å². The van der Waals surface area contributed by atoms with Crippen LogP contribution in [0.5, 0.6) is 0 Å². The lowest BCUT2D eigenvalue weighted by Gasteiger charge is -2.22. The molecule has 0 radical (unpaired) electrons. The third-order valence-corrected chi connectivity index (χ3v) is 3.36. The predicted octanol–water partition coefficient (Wildman–Crippen LogP) is 3.80. The fourth-order valence-corrected chi connectivity index (χ4v) is 2.31. The van der Waals surface area contributed by atoms with E-state index in [9.17, 15) is 4.39 Å². The normalized spacial score (nSPS) is 11.1. The summed E-state index contributed by atoms with van der Waals surface area (Å²) in [4.78, 5) is 2.04.